The third-order valence-electron chi connectivity index (χ3n) is 5.22. The molecule has 1 saturated carbocycles. The van der Waals surface area contributed by atoms with Gasteiger partial charge in [-0.15, -0.1) is 24.8 Å². The summed E-state index contributed by atoms with van der Waals surface area (Å²) in [6, 6.07) is 14.6. The summed E-state index contributed by atoms with van der Waals surface area (Å²) in [6.07, 6.45) is 8.32. The lowest BCUT2D eigenvalue weighted by Gasteiger charge is -2.28. The van der Waals surface area contributed by atoms with Gasteiger partial charge >= 0.3 is 0 Å². The van der Waals surface area contributed by atoms with Gasteiger partial charge < -0.3 is 11.1 Å². The Morgan fingerprint density at radius 1 is 1.03 bits per heavy atom. The molecule has 0 bridgehead atoms. The van der Waals surface area contributed by atoms with Gasteiger partial charge in [0.25, 0.3) is 0 Å². The smallest absolute Gasteiger partial charge is 0.154 e. The Morgan fingerprint density at radius 2 is 1.80 bits per heavy atom. The lowest BCUT2D eigenvalue weighted by atomic mass is 9.91. The van der Waals surface area contributed by atoms with Crippen molar-refractivity contribution >= 4 is 65.3 Å². The number of hydrogen-bond donors (Lipinski definition) is 2. The van der Waals surface area contributed by atoms with Gasteiger partial charge in [0.15, 0.2) is 5.82 Å². The summed E-state index contributed by atoms with van der Waals surface area (Å²) in [5, 5.41) is 5.43. The minimum Gasteiger partial charge on any atom is -0.367 e. The topological polar surface area (TPSA) is 63.8 Å². The molecule has 1 heterocycles. The van der Waals surface area contributed by atoms with Crippen molar-refractivity contribution in [1.82, 2.24) is 9.97 Å². The predicted molar refractivity (Wildman–Crippen MR) is 133 cm³/mol. The van der Waals surface area contributed by atoms with Crippen molar-refractivity contribution in [3.05, 3.63) is 64.4 Å². The summed E-state index contributed by atoms with van der Waals surface area (Å²) < 4.78 is 0. The molecule has 1 aliphatic rings. The fraction of sp³-hybridized carbons (Fsp3) is 0.304. The van der Waals surface area contributed by atoms with Gasteiger partial charge in [0.2, 0.25) is 0 Å². The number of aryl methyl sites for hydroxylation is 1. The zero-order valence-electron chi connectivity index (χ0n) is 16.8. The van der Waals surface area contributed by atoms with Gasteiger partial charge in [-0.05, 0) is 68.5 Å². The second kappa shape index (κ2) is 11.0. The molecule has 2 unspecified atom stereocenters. The van der Waals surface area contributed by atoms with E-state index in [4.69, 9.17) is 27.3 Å². The molecule has 3 aromatic rings. The fourth-order valence-corrected chi connectivity index (χ4v) is 3.87. The molecule has 4 nitrogen and oxygen atoms in total. The molecule has 2 aromatic carbocycles. The number of rotatable bonds is 4. The first kappa shape index (κ1) is 24.4. The van der Waals surface area contributed by atoms with Crippen LogP contribution in [-0.4, -0.2) is 22.1 Å². The van der Waals surface area contributed by atoms with Gasteiger partial charge in [-0.25, -0.2) is 9.97 Å². The Hall–Kier alpha value is -1.85. The highest BCUT2D eigenvalue weighted by atomic mass is 35.5. The second-order valence-electron chi connectivity index (χ2n) is 7.60. The number of aromatic nitrogens is 2. The largest absolute Gasteiger partial charge is 0.367 e. The van der Waals surface area contributed by atoms with Crippen LogP contribution in [0, 0.1) is 6.92 Å². The summed E-state index contributed by atoms with van der Waals surface area (Å²) in [5.74, 6) is 1.58. The highest BCUT2D eigenvalue weighted by molar-refractivity contribution is 6.30. The lowest BCUT2D eigenvalue weighted by Crippen LogP contribution is -2.35. The van der Waals surface area contributed by atoms with Crippen LogP contribution in [0.4, 0.5) is 5.82 Å². The number of nitrogens with one attached hydrogen (secondary N) is 1. The van der Waals surface area contributed by atoms with Crippen LogP contribution in [0.3, 0.4) is 0 Å². The summed E-state index contributed by atoms with van der Waals surface area (Å²) in [7, 11) is 0. The Labute approximate surface area is 195 Å². The van der Waals surface area contributed by atoms with Crippen LogP contribution in [0.25, 0.3) is 23.1 Å². The standard InChI is InChI=1S/C23H25ClN4.2ClH/c1-15-5-11-21-20(13-15)23(26-19-4-2-3-18(25)14-19)28-22(27-21)12-8-16-6-9-17(24)10-7-16;;/h5-13,18-19H,2-4,14,25H2,1H3,(H,26,27,28);2*1H/b12-8+;;. The van der Waals surface area contributed by atoms with E-state index in [1.165, 1.54) is 5.56 Å². The van der Waals surface area contributed by atoms with Crippen LogP contribution >= 0.6 is 36.4 Å². The number of fused-ring (bicyclic) bond motifs is 1. The van der Waals surface area contributed by atoms with Gasteiger partial charge in [0.1, 0.15) is 5.82 Å². The molecule has 160 valence electrons. The van der Waals surface area contributed by atoms with Crippen molar-refractivity contribution in [2.45, 2.75) is 44.7 Å². The number of nitrogens with zero attached hydrogens (tertiary/aromatic N) is 2. The van der Waals surface area contributed by atoms with Crippen LogP contribution < -0.4 is 11.1 Å². The van der Waals surface area contributed by atoms with E-state index in [-0.39, 0.29) is 30.9 Å². The van der Waals surface area contributed by atoms with Gasteiger partial charge in [0, 0.05) is 22.5 Å². The average molecular weight is 466 g/mol. The van der Waals surface area contributed by atoms with Crippen LogP contribution in [0.2, 0.25) is 5.02 Å². The maximum atomic E-state index is 6.17. The number of nitrogens with two attached hydrogens (primary N) is 1. The van der Waals surface area contributed by atoms with E-state index in [2.05, 4.69) is 30.4 Å². The third-order valence-corrected chi connectivity index (χ3v) is 5.47. The van der Waals surface area contributed by atoms with E-state index in [1.807, 2.05) is 36.4 Å². The monoisotopic (exact) mass is 464 g/mol. The quantitative estimate of drug-likeness (QED) is 0.475. The van der Waals surface area contributed by atoms with Crippen molar-refractivity contribution in [1.29, 1.82) is 0 Å². The SMILES string of the molecule is Cc1ccc2nc(/C=C/c3ccc(Cl)cc3)nc(NC3CCCC(N)C3)c2c1.Cl.Cl. The molecule has 1 aromatic heterocycles. The predicted octanol–water partition coefficient (Wildman–Crippen LogP) is 6.29. The van der Waals surface area contributed by atoms with E-state index in [0.29, 0.717) is 11.9 Å². The van der Waals surface area contributed by atoms with E-state index < -0.39 is 0 Å². The molecule has 30 heavy (non-hydrogen) atoms. The lowest BCUT2D eigenvalue weighted by molar-refractivity contribution is 0.409. The van der Waals surface area contributed by atoms with Crippen LogP contribution in [0.15, 0.2) is 42.5 Å². The van der Waals surface area contributed by atoms with Crippen molar-refractivity contribution in [3.63, 3.8) is 0 Å². The minimum absolute atomic E-state index is 0. The fourth-order valence-electron chi connectivity index (χ4n) is 3.74. The number of hydrogen-bond acceptors (Lipinski definition) is 4. The number of anilines is 1. The summed E-state index contributed by atoms with van der Waals surface area (Å²) in [4.78, 5) is 9.55. The van der Waals surface area contributed by atoms with Crippen LogP contribution in [0.1, 0.15) is 42.6 Å². The van der Waals surface area contributed by atoms with E-state index in [9.17, 15) is 0 Å². The van der Waals surface area contributed by atoms with Crippen LogP contribution in [0.5, 0.6) is 0 Å². The molecule has 7 heteroatoms. The van der Waals surface area contributed by atoms with Gasteiger partial charge in [-0.3, -0.25) is 0 Å². The Morgan fingerprint density at radius 3 is 2.53 bits per heavy atom. The summed E-state index contributed by atoms with van der Waals surface area (Å²) in [5.41, 5.74) is 9.38. The molecule has 0 amide bonds. The number of benzene rings is 2. The normalized spacial score (nSPS) is 18.6. The highest BCUT2D eigenvalue weighted by Gasteiger charge is 2.20. The molecular formula is C23H27Cl3N4. The molecule has 1 fully saturated rings. The molecule has 0 spiro atoms. The van der Waals surface area contributed by atoms with Gasteiger partial charge in [-0.2, -0.15) is 0 Å². The maximum Gasteiger partial charge on any atom is 0.154 e. The first-order valence-corrected chi connectivity index (χ1v) is 10.2. The van der Waals surface area contributed by atoms with Crippen molar-refractivity contribution in [3.8, 4) is 0 Å². The van der Waals surface area contributed by atoms with E-state index >= 15 is 0 Å². The molecule has 1 aliphatic carbocycles. The Bertz CT molecular complexity index is 1010. The first-order valence-electron chi connectivity index (χ1n) is 9.81. The average Bonchev–Trinajstić information content (AvgIpc) is 2.68. The van der Waals surface area contributed by atoms with E-state index in [1.54, 1.807) is 0 Å². The zero-order chi connectivity index (χ0) is 19.5. The molecular weight excluding hydrogens is 439 g/mol. The van der Waals surface area contributed by atoms with E-state index in [0.717, 1.165) is 53.0 Å². The van der Waals surface area contributed by atoms with Crippen LogP contribution in [-0.2, 0) is 0 Å². The summed E-state index contributed by atoms with van der Waals surface area (Å²) in [6.45, 7) is 2.09. The Balaban J connectivity index is 0.00000160. The Kier molecular flexibility index (Phi) is 8.92. The molecule has 3 N–H and O–H groups in total. The summed E-state index contributed by atoms with van der Waals surface area (Å²) >= 11 is 5.96. The van der Waals surface area contributed by atoms with Gasteiger partial charge in [-0.1, -0.05) is 41.4 Å². The maximum absolute atomic E-state index is 6.17. The minimum atomic E-state index is 0. The second-order valence-corrected chi connectivity index (χ2v) is 8.04. The molecule has 4 rings (SSSR count). The molecule has 0 aliphatic heterocycles. The molecule has 2 atom stereocenters. The first-order chi connectivity index (χ1) is 13.6. The van der Waals surface area contributed by atoms with Crippen molar-refractivity contribution in [2.75, 3.05) is 5.32 Å². The highest BCUT2D eigenvalue weighted by Crippen LogP contribution is 2.26. The van der Waals surface area contributed by atoms with Gasteiger partial charge in [0.05, 0.1) is 5.52 Å². The third kappa shape index (κ3) is 6.08. The van der Waals surface area contributed by atoms with Crippen molar-refractivity contribution in [2.24, 2.45) is 5.73 Å². The molecule has 0 saturated heterocycles. The number of halogens is 3. The van der Waals surface area contributed by atoms with Crippen molar-refractivity contribution < 1.29 is 0 Å². The molecule has 0 radical (unpaired) electrons. The zero-order valence-corrected chi connectivity index (χ0v) is 19.2.